The highest BCUT2D eigenvalue weighted by atomic mass is 35.5. The number of benzene rings is 2. The molecule has 2 aromatic rings. The molecule has 0 aliphatic carbocycles. The lowest BCUT2D eigenvalue weighted by Crippen LogP contribution is -2.44. The molecule has 0 saturated carbocycles. The molecular weight excluding hydrogens is 386 g/mol. The van der Waals surface area contributed by atoms with Gasteiger partial charge in [0.2, 0.25) is 5.91 Å². The average Bonchev–Trinajstić information content (AvgIpc) is 3.18. The molecule has 138 valence electrons. The summed E-state index contributed by atoms with van der Waals surface area (Å²) in [4.78, 5) is 27.2. The van der Waals surface area contributed by atoms with E-state index in [0.29, 0.717) is 39.2 Å². The van der Waals surface area contributed by atoms with Crippen LogP contribution in [0.5, 0.6) is 5.75 Å². The van der Waals surface area contributed by atoms with Crippen molar-refractivity contribution < 1.29 is 14.3 Å². The molecule has 1 aliphatic heterocycles. The number of hydrogen-bond acceptors (Lipinski definition) is 5. The highest BCUT2D eigenvalue weighted by Crippen LogP contribution is 2.29. The van der Waals surface area contributed by atoms with E-state index in [-0.39, 0.29) is 11.8 Å². The Labute approximate surface area is 166 Å². The van der Waals surface area contributed by atoms with Gasteiger partial charge in [-0.2, -0.15) is 5.26 Å². The SMILES string of the molecule is COc1ccc(Cl)cc1C(=O)N1CSCC1C(=O)Nc1ccc(C#N)cc1. The Balaban J connectivity index is 1.78. The number of nitriles is 1. The molecule has 8 heteroatoms. The third-order valence-corrected chi connectivity index (χ3v) is 5.37. The molecular formula is C19H16ClN3O3S. The van der Waals surface area contributed by atoms with Crippen molar-refractivity contribution >= 4 is 40.9 Å². The van der Waals surface area contributed by atoms with Crippen LogP contribution in [-0.4, -0.2) is 41.5 Å². The molecule has 1 heterocycles. The first-order chi connectivity index (χ1) is 13.0. The Kier molecular flexibility index (Phi) is 5.89. The van der Waals surface area contributed by atoms with Crippen molar-refractivity contribution in [1.29, 1.82) is 5.26 Å². The minimum absolute atomic E-state index is 0.279. The molecule has 2 aromatic carbocycles. The topological polar surface area (TPSA) is 82.4 Å². The maximum absolute atomic E-state index is 13.0. The summed E-state index contributed by atoms with van der Waals surface area (Å²) in [5.74, 6) is 0.724. The molecule has 1 aliphatic rings. The van der Waals surface area contributed by atoms with Crippen LogP contribution in [0.25, 0.3) is 0 Å². The Morgan fingerprint density at radius 3 is 2.70 bits per heavy atom. The van der Waals surface area contributed by atoms with E-state index in [4.69, 9.17) is 21.6 Å². The Bertz CT molecular complexity index is 911. The second kappa shape index (κ2) is 8.33. The summed E-state index contributed by atoms with van der Waals surface area (Å²) >= 11 is 7.53. The number of nitrogens with one attached hydrogen (secondary N) is 1. The van der Waals surface area contributed by atoms with Crippen molar-refractivity contribution in [3.05, 3.63) is 58.6 Å². The maximum Gasteiger partial charge on any atom is 0.259 e. The summed E-state index contributed by atoms with van der Waals surface area (Å²) < 4.78 is 5.25. The summed E-state index contributed by atoms with van der Waals surface area (Å²) in [6, 6.07) is 12.8. The summed E-state index contributed by atoms with van der Waals surface area (Å²) in [6.45, 7) is 0. The average molecular weight is 402 g/mol. The van der Waals surface area contributed by atoms with Crippen molar-refractivity contribution in [2.45, 2.75) is 6.04 Å². The minimum atomic E-state index is -0.609. The van der Waals surface area contributed by atoms with Crippen LogP contribution >= 0.6 is 23.4 Å². The molecule has 2 amide bonds. The number of amides is 2. The molecule has 6 nitrogen and oxygen atoms in total. The van der Waals surface area contributed by atoms with Gasteiger partial charge < -0.3 is 15.0 Å². The van der Waals surface area contributed by atoms with Gasteiger partial charge in [0.15, 0.2) is 0 Å². The summed E-state index contributed by atoms with van der Waals surface area (Å²) in [5.41, 5.74) is 1.40. The van der Waals surface area contributed by atoms with Crippen LogP contribution < -0.4 is 10.1 Å². The zero-order valence-corrected chi connectivity index (χ0v) is 16.0. The van der Waals surface area contributed by atoms with Crippen LogP contribution in [0.4, 0.5) is 5.69 Å². The van der Waals surface area contributed by atoms with E-state index in [1.165, 1.54) is 23.8 Å². The molecule has 0 spiro atoms. The van der Waals surface area contributed by atoms with Gasteiger partial charge in [0.05, 0.1) is 30.2 Å². The van der Waals surface area contributed by atoms with Crippen LogP contribution in [0.2, 0.25) is 5.02 Å². The number of hydrogen-bond donors (Lipinski definition) is 1. The van der Waals surface area contributed by atoms with Gasteiger partial charge in [0, 0.05) is 16.5 Å². The van der Waals surface area contributed by atoms with Gasteiger partial charge in [-0.3, -0.25) is 9.59 Å². The zero-order valence-electron chi connectivity index (χ0n) is 14.4. The van der Waals surface area contributed by atoms with Gasteiger partial charge in [-0.15, -0.1) is 11.8 Å². The van der Waals surface area contributed by atoms with E-state index in [1.54, 1.807) is 42.5 Å². The summed E-state index contributed by atoms with van der Waals surface area (Å²) in [7, 11) is 1.48. The van der Waals surface area contributed by atoms with Crippen LogP contribution in [-0.2, 0) is 4.79 Å². The predicted molar refractivity (Wildman–Crippen MR) is 105 cm³/mol. The van der Waals surface area contributed by atoms with E-state index in [9.17, 15) is 9.59 Å². The van der Waals surface area contributed by atoms with Crippen LogP contribution in [0.3, 0.4) is 0 Å². The predicted octanol–water partition coefficient (Wildman–Crippen LogP) is 3.37. The molecule has 0 bridgehead atoms. The third kappa shape index (κ3) is 4.18. The monoisotopic (exact) mass is 401 g/mol. The highest BCUT2D eigenvalue weighted by molar-refractivity contribution is 7.99. The van der Waals surface area contributed by atoms with E-state index < -0.39 is 6.04 Å². The first kappa shape index (κ1) is 19.1. The van der Waals surface area contributed by atoms with Crippen LogP contribution in [0, 0.1) is 11.3 Å². The quantitative estimate of drug-likeness (QED) is 0.849. The fourth-order valence-electron chi connectivity index (χ4n) is 2.72. The second-order valence-corrected chi connectivity index (χ2v) is 7.25. The maximum atomic E-state index is 13.0. The number of nitrogens with zero attached hydrogens (tertiary/aromatic N) is 2. The first-order valence-corrected chi connectivity index (χ1v) is 9.60. The lowest BCUT2D eigenvalue weighted by Gasteiger charge is -2.24. The third-order valence-electron chi connectivity index (χ3n) is 4.12. The zero-order chi connectivity index (χ0) is 19.4. The van der Waals surface area contributed by atoms with Gasteiger partial charge >= 0.3 is 0 Å². The highest BCUT2D eigenvalue weighted by Gasteiger charge is 2.36. The number of methoxy groups -OCH3 is 1. The first-order valence-electron chi connectivity index (χ1n) is 8.06. The number of rotatable bonds is 4. The molecule has 1 saturated heterocycles. The molecule has 1 unspecified atom stereocenters. The standard InChI is InChI=1S/C19H16ClN3O3S/c1-26-17-7-4-13(20)8-15(17)19(25)23-11-27-10-16(23)18(24)22-14-5-2-12(9-21)3-6-14/h2-8,16H,10-11H2,1H3,(H,22,24). The summed E-state index contributed by atoms with van der Waals surface area (Å²) in [5, 5.41) is 12.1. The Morgan fingerprint density at radius 1 is 1.30 bits per heavy atom. The van der Waals surface area contributed by atoms with Gasteiger partial charge in [-0.1, -0.05) is 11.6 Å². The van der Waals surface area contributed by atoms with Crippen molar-refractivity contribution in [2.75, 3.05) is 24.1 Å². The molecule has 1 N–H and O–H groups in total. The van der Waals surface area contributed by atoms with Gasteiger partial charge in [-0.25, -0.2) is 0 Å². The van der Waals surface area contributed by atoms with Crippen molar-refractivity contribution in [2.24, 2.45) is 0 Å². The number of carbonyl (C=O) groups is 2. The molecule has 27 heavy (non-hydrogen) atoms. The van der Waals surface area contributed by atoms with Crippen molar-refractivity contribution in [3.8, 4) is 11.8 Å². The van der Waals surface area contributed by atoms with Crippen LogP contribution in [0.1, 0.15) is 15.9 Å². The lowest BCUT2D eigenvalue weighted by atomic mass is 10.1. The number of thioether (sulfide) groups is 1. The van der Waals surface area contributed by atoms with Gasteiger partial charge in [-0.05, 0) is 42.5 Å². The van der Waals surface area contributed by atoms with Crippen molar-refractivity contribution in [3.63, 3.8) is 0 Å². The normalized spacial score (nSPS) is 15.9. The fraction of sp³-hybridized carbons (Fsp3) is 0.211. The largest absolute Gasteiger partial charge is 0.496 e. The number of carbonyl (C=O) groups excluding carboxylic acids is 2. The molecule has 1 atom stereocenters. The van der Waals surface area contributed by atoms with Gasteiger partial charge in [0.25, 0.3) is 5.91 Å². The minimum Gasteiger partial charge on any atom is -0.496 e. The van der Waals surface area contributed by atoms with E-state index in [1.807, 2.05) is 6.07 Å². The number of anilines is 1. The Hall–Kier alpha value is -2.69. The molecule has 0 radical (unpaired) electrons. The fourth-order valence-corrected chi connectivity index (χ4v) is 4.04. The summed E-state index contributed by atoms with van der Waals surface area (Å²) in [6.07, 6.45) is 0. The van der Waals surface area contributed by atoms with Crippen LogP contribution in [0.15, 0.2) is 42.5 Å². The molecule has 1 fully saturated rings. The lowest BCUT2D eigenvalue weighted by molar-refractivity contribution is -0.119. The van der Waals surface area contributed by atoms with Gasteiger partial charge in [0.1, 0.15) is 11.8 Å². The number of ether oxygens (including phenoxy) is 1. The van der Waals surface area contributed by atoms with E-state index in [0.717, 1.165) is 0 Å². The van der Waals surface area contributed by atoms with E-state index >= 15 is 0 Å². The number of halogens is 1. The van der Waals surface area contributed by atoms with E-state index in [2.05, 4.69) is 5.32 Å². The molecule has 3 rings (SSSR count). The van der Waals surface area contributed by atoms with Crippen molar-refractivity contribution in [1.82, 2.24) is 4.90 Å². The smallest absolute Gasteiger partial charge is 0.259 e. The second-order valence-electron chi connectivity index (χ2n) is 5.81. The Morgan fingerprint density at radius 2 is 2.04 bits per heavy atom. The molecule has 0 aromatic heterocycles.